The highest BCUT2D eigenvalue weighted by molar-refractivity contribution is 9.10. The Balaban J connectivity index is 2.26. The fourth-order valence-electron chi connectivity index (χ4n) is 2.27. The molecule has 1 N–H and O–H groups in total. The van der Waals surface area contributed by atoms with Crippen molar-refractivity contribution in [2.75, 3.05) is 13.2 Å². The van der Waals surface area contributed by atoms with E-state index in [0.717, 1.165) is 19.3 Å². The summed E-state index contributed by atoms with van der Waals surface area (Å²) in [5, 5.41) is 9.28. The van der Waals surface area contributed by atoms with Crippen LogP contribution in [0.3, 0.4) is 0 Å². The lowest BCUT2D eigenvalue weighted by Crippen LogP contribution is -2.45. The Bertz CT molecular complexity index is 453. The Morgan fingerprint density at radius 1 is 1.50 bits per heavy atom. The predicted molar refractivity (Wildman–Crippen MR) is 69.9 cm³/mol. The largest absolute Gasteiger partial charge is 0.394 e. The van der Waals surface area contributed by atoms with E-state index in [0.29, 0.717) is 11.0 Å². The number of hydrogen-bond acceptors (Lipinski definition) is 2. The molecule has 98 valence electrons. The molecule has 0 radical (unpaired) electrons. The van der Waals surface area contributed by atoms with E-state index in [9.17, 15) is 14.3 Å². The standard InChI is InChI=1S/C13H15BrFNO2/c14-9-4-5-12(15)11(7-9)13(18)16-6-2-1-3-10(16)8-17/h4-5,7,10,17H,1-3,6,8H2. The first-order chi connectivity index (χ1) is 8.63. The normalized spacial score (nSPS) is 19.9. The van der Waals surface area contributed by atoms with Gasteiger partial charge in [-0.25, -0.2) is 4.39 Å². The average Bonchev–Trinajstić information content (AvgIpc) is 2.40. The van der Waals surface area contributed by atoms with Gasteiger partial charge in [0, 0.05) is 11.0 Å². The molecule has 1 unspecified atom stereocenters. The summed E-state index contributed by atoms with van der Waals surface area (Å²) in [6.07, 6.45) is 2.67. The van der Waals surface area contributed by atoms with Crippen LogP contribution in [0.15, 0.2) is 22.7 Å². The number of piperidine rings is 1. The summed E-state index contributed by atoms with van der Waals surface area (Å²) < 4.78 is 14.3. The molecule has 1 aromatic rings. The molecule has 1 fully saturated rings. The zero-order valence-electron chi connectivity index (χ0n) is 9.90. The first-order valence-electron chi connectivity index (χ1n) is 6.00. The molecule has 0 aromatic heterocycles. The van der Waals surface area contributed by atoms with Gasteiger partial charge in [-0.05, 0) is 37.5 Å². The van der Waals surface area contributed by atoms with Crippen LogP contribution in [0, 0.1) is 5.82 Å². The minimum Gasteiger partial charge on any atom is -0.394 e. The molecule has 0 bridgehead atoms. The lowest BCUT2D eigenvalue weighted by atomic mass is 10.0. The molecule has 1 atom stereocenters. The van der Waals surface area contributed by atoms with Crippen molar-refractivity contribution in [1.82, 2.24) is 4.90 Å². The van der Waals surface area contributed by atoms with E-state index in [-0.39, 0.29) is 24.1 Å². The van der Waals surface area contributed by atoms with Gasteiger partial charge in [-0.2, -0.15) is 0 Å². The van der Waals surface area contributed by atoms with Crippen LogP contribution in [0.1, 0.15) is 29.6 Å². The quantitative estimate of drug-likeness (QED) is 0.911. The number of hydrogen-bond donors (Lipinski definition) is 1. The minimum absolute atomic E-state index is 0.0599. The molecule has 2 rings (SSSR count). The van der Waals surface area contributed by atoms with Crippen molar-refractivity contribution in [1.29, 1.82) is 0 Å². The summed E-state index contributed by atoms with van der Waals surface area (Å²) in [5.74, 6) is -0.863. The monoisotopic (exact) mass is 315 g/mol. The summed E-state index contributed by atoms with van der Waals surface area (Å²) in [7, 11) is 0. The van der Waals surface area contributed by atoms with Crippen LogP contribution in [-0.4, -0.2) is 35.1 Å². The van der Waals surface area contributed by atoms with Gasteiger partial charge in [-0.3, -0.25) is 4.79 Å². The van der Waals surface area contributed by atoms with Gasteiger partial charge >= 0.3 is 0 Å². The van der Waals surface area contributed by atoms with Crippen LogP contribution >= 0.6 is 15.9 Å². The molecule has 3 nitrogen and oxygen atoms in total. The van der Waals surface area contributed by atoms with E-state index in [1.165, 1.54) is 12.1 Å². The number of likely N-dealkylation sites (tertiary alicyclic amines) is 1. The van der Waals surface area contributed by atoms with E-state index < -0.39 is 5.82 Å². The smallest absolute Gasteiger partial charge is 0.257 e. The van der Waals surface area contributed by atoms with Crippen molar-refractivity contribution >= 4 is 21.8 Å². The zero-order valence-corrected chi connectivity index (χ0v) is 11.5. The Hall–Kier alpha value is -0.940. The van der Waals surface area contributed by atoms with E-state index in [1.807, 2.05) is 0 Å². The van der Waals surface area contributed by atoms with Crippen molar-refractivity contribution in [3.8, 4) is 0 Å². The zero-order chi connectivity index (χ0) is 13.1. The van der Waals surface area contributed by atoms with Gasteiger partial charge in [0.2, 0.25) is 0 Å². The second-order valence-corrected chi connectivity index (χ2v) is 5.37. The summed E-state index contributed by atoms with van der Waals surface area (Å²) >= 11 is 3.23. The van der Waals surface area contributed by atoms with Gasteiger partial charge in [0.05, 0.1) is 18.2 Å². The first-order valence-corrected chi connectivity index (χ1v) is 6.79. The summed E-state index contributed by atoms with van der Waals surface area (Å²) in [6, 6.07) is 4.13. The van der Waals surface area contributed by atoms with E-state index in [1.54, 1.807) is 11.0 Å². The minimum atomic E-state index is -0.523. The van der Waals surface area contributed by atoms with Crippen molar-refractivity contribution in [3.05, 3.63) is 34.1 Å². The van der Waals surface area contributed by atoms with E-state index in [4.69, 9.17) is 0 Å². The maximum Gasteiger partial charge on any atom is 0.257 e. The molecule has 1 amide bonds. The van der Waals surface area contributed by atoms with Crippen molar-refractivity contribution in [2.24, 2.45) is 0 Å². The van der Waals surface area contributed by atoms with Gasteiger partial charge in [0.25, 0.3) is 5.91 Å². The maximum absolute atomic E-state index is 13.7. The summed E-state index contributed by atoms with van der Waals surface area (Å²) in [5.41, 5.74) is 0.0599. The predicted octanol–water partition coefficient (Wildman–Crippen LogP) is 2.58. The number of aliphatic hydroxyl groups excluding tert-OH is 1. The third-order valence-electron chi connectivity index (χ3n) is 3.26. The topological polar surface area (TPSA) is 40.5 Å². The number of rotatable bonds is 2. The summed E-state index contributed by atoms with van der Waals surface area (Å²) in [6.45, 7) is 0.511. The van der Waals surface area contributed by atoms with Crippen LogP contribution in [0.5, 0.6) is 0 Å². The molecule has 1 aromatic carbocycles. The lowest BCUT2D eigenvalue weighted by molar-refractivity contribution is 0.0498. The van der Waals surface area contributed by atoms with Gasteiger partial charge in [0.1, 0.15) is 5.82 Å². The highest BCUT2D eigenvalue weighted by Crippen LogP contribution is 2.22. The second-order valence-electron chi connectivity index (χ2n) is 4.45. The number of aliphatic hydroxyl groups is 1. The van der Waals surface area contributed by atoms with Crippen LogP contribution in [0.2, 0.25) is 0 Å². The molecule has 0 spiro atoms. The van der Waals surface area contributed by atoms with Gasteiger partial charge in [0.15, 0.2) is 0 Å². The van der Waals surface area contributed by atoms with E-state index >= 15 is 0 Å². The Morgan fingerprint density at radius 3 is 3.00 bits per heavy atom. The molecule has 1 saturated heterocycles. The van der Waals surface area contributed by atoms with Crippen molar-refractivity contribution < 1.29 is 14.3 Å². The molecule has 0 aliphatic carbocycles. The molecule has 0 saturated carbocycles. The second kappa shape index (κ2) is 5.80. The SMILES string of the molecule is O=C(c1cc(Br)ccc1F)N1CCCCC1CO. The average molecular weight is 316 g/mol. The molecule has 1 aliphatic rings. The third kappa shape index (κ3) is 2.72. The molecule has 18 heavy (non-hydrogen) atoms. The Morgan fingerprint density at radius 2 is 2.28 bits per heavy atom. The number of carbonyl (C=O) groups excluding carboxylic acids is 1. The number of halogens is 2. The highest BCUT2D eigenvalue weighted by Gasteiger charge is 2.28. The van der Waals surface area contributed by atoms with Crippen LogP contribution < -0.4 is 0 Å². The van der Waals surface area contributed by atoms with E-state index in [2.05, 4.69) is 15.9 Å². The number of amides is 1. The number of nitrogens with zero attached hydrogens (tertiary/aromatic N) is 1. The fourth-order valence-corrected chi connectivity index (χ4v) is 2.63. The molecule has 5 heteroatoms. The van der Waals surface area contributed by atoms with Crippen LogP contribution in [0.25, 0.3) is 0 Å². The van der Waals surface area contributed by atoms with Crippen LogP contribution in [0.4, 0.5) is 4.39 Å². The lowest BCUT2D eigenvalue weighted by Gasteiger charge is -2.34. The van der Waals surface area contributed by atoms with Gasteiger partial charge in [-0.15, -0.1) is 0 Å². The first kappa shape index (κ1) is 13.5. The Kier molecular flexibility index (Phi) is 4.35. The molecular weight excluding hydrogens is 301 g/mol. The van der Waals surface area contributed by atoms with Gasteiger partial charge < -0.3 is 10.0 Å². The molecule has 1 aliphatic heterocycles. The Labute approximate surface area is 114 Å². The van der Waals surface area contributed by atoms with Gasteiger partial charge in [-0.1, -0.05) is 15.9 Å². The molecule has 1 heterocycles. The summed E-state index contributed by atoms with van der Waals surface area (Å²) in [4.78, 5) is 13.9. The highest BCUT2D eigenvalue weighted by atomic mass is 79.9. The third-order valence-corrected chi connectivity index (χ3v) is 3.75. The number of carbonyl (C=O) groups is 1. The van der Waals surface area contributed by atoms with Crippen LogP contribution in [-0.2, 0) is 0 Å². The van der Waals surface area contributed by atoms with Crippen molar-refractivity contribution in [3.63, 3.8) is 0 Å². The molecular formula is C13H15BrFNO2. The number of benzene rings is 1. The maximum atomic E-state index is 13.7. The fraction of sp³-hybridized carbons (Fsp3) is 0.462. The van der Waals surface area contributed by atoms with Crippen molar-refractivity contribution in [2.45, 2.75) is 25.3 Å².